The summed E-state index contributed by atoms with van der Waals surface area (Å²) in [7, 11) is 0. The smallest absolute Gasteiger partial charge is 0.308 e. The number of pyridine rings is 1. The van der Waals surface area contributed by atoms with Gasteiger partial charge in [-0.1, -0.05) is 24.3 Å². The van der Waals surface area contributed by atoms with Crippen LogP contribution in [0.4, 0.5) is 0 Å². The van der Waals surface area contributed by atoms with Gasteiger partial charge in [0.1, 0.15) is 0 Å². The molecule has 1 saturated carbocycles. The molecule has 0 amide bonds. The van der Waals surface area contributed by atoms with Crippen LogP contribution in [0.1, 0.15) is 45.1 Å². The highest BCUT2D eigenvalue weighted by Crippen LogP contribution is 2.25. The molecule has 1 aromatic heterocycles. The Morgan fingerprint density at radius 2 is 1.97 bits per heavy atom. The van der Waals surface area contributed by atoms with E-state index in [0.717, 1.165) is 55.0 Å². The van der Waals surface area contributed by atoms with E-state index in [4.69, 9.17) is 9.73 Å². The van der Waals surface area contributed by atoms with Gasteiger partial charge in [-0.15, -0.1) is 0 Å². The van der Waals surface area contributed by atoms with Crippen molar-refractivity contribution in [1.29, 1.82) is 0 Å². The summed E-state index contributed by atoms with van der Waals surface area (Å²) in [6.45, 7) is 5.77. The molecule has 0 radical (unpaired) electrons. The minimum Gasteiger partial charge on any atom is -0.466 e. The predicted octanol–water partition coefficient (Wildman–Crippen LogP) is 3.93. The number of benzene rings is 1. The molecule has 1 heterocycles. The van der Waals surface area contributed by atoms with Gasteiger partial charge in [0, 0.05) is 24.3 Å². The first-order chi connectivity index (χ1) is 14.7. The minimum atomic E-state index is -0.0516. The highest BCUT2D eigenvalue weighted by atomic mass is 16.5. The average Bonchev–Trinajstić information content (AvgIpc) is 2.79. The predicted molar refractivity (Wildman–Crippen MR) is 120 cm³/mol. The standard InChI is InChI=1S/C24H32N4O2/c1-3-25-24(28-21-13-11-19(12-14-21)23(29)30-4-2)27-17-18-8-7-9-20(16-18)22-10-5-6-15-26-22/h5-10,15-16,19,21H,3-4,11-14,17H2,1-2H3,(H2,25,27,28). The van der Waals surface area contributed by atoms with Crippen molar-refractivity contribution in [2.45, 2.75) is 52.1 Å². The summed E-state index contributed by atoms with van der Waals surface area (Å²) < 4.78 is 5.17. The number of carbonyl (C=O) groups excluding carboxylic acids is 1. The van der Waals surface area contributed by atoms with E-state index in [1.165, 1.54) is 0 Å². The van der Waals surface area contributed by atoms with E-state index in [2.05, 4.69) is 40.7 Å². The number of rotatable bonds is 7. The Morgan fingerprint density at radius 3 is 2.67 bits per heavy atom. The summed E-state index contributed by atoms with van der Waals surface area (Å²) in [6, 6.07) is 14.6. The van der Waals surface area contributed by atoms with E-state index in [-0.39, 0.29) is 11.9 Å². The van der Waals surface area contributed by atoms with Crippen LogP contribution in [0.3, 0.4) is 0 Å². The van der Waals surface area contributed by atoms with Crippen molar-refractivity contribution in [3.8, 4) is 11.3 Å². The topological polar surface area (TPSA) is 75.6 Å². The summed E-state index contributed by atoms with van der Waals surface area (Å²) in [5.41, 5.74) is 3.20. The molecule has 1 aromatic carbocycles. The molecule has 160 valence electrons. The first-order valence-corrected chi connectivity index (χ1v) is 10.9. The molecule has 0 saturated heterocycles. The summed E-state index contributed by atoms with van der Waals surface area (Å²) in [5, 5.41) is 6.87. The molecular formula is C24H32N4O2. The van der Waals surface area contributed by atoms with Crippen molar-refractivity contribution in [2.24, 2.45) is 10.9 Å². The van der Waals surface area contributed by atoms with Gasteiger partial charge in [-0.05, 0) is 63.3 Å². The number of nitrogens with one attached hydrogen (secondary N) is 2. The van der Waals surface area contributed by atoms with Crippen molar-refractivity contribution in [2.75, 3.05) is 13.2 Å². The van der Waals surface area contributed by atoms with Gasteiger partial charge in [0.15, 0.2) is 5.96 Å². The van der Waals surface area contributed by atoms with E-state index in [0.29, 0.717) is 19.2 Å². The van der Waals surface area contributed by atoms with Crippen molar-refractivity contribution >= 4 is 11.9 Å². The van der Waals surface area contributed by atoms with E-state index >= 15 is 0 Å². The molecule has 0 atom stereocenters. The van der Waals surface area contributed by atoms with E-state index in [1.54, 1.807) is 0 Å². The molecule has 1 aliphatic carbocycles. The summed E-state index contributed by atoms with van der Waals surface area (Å²) in [5.74, 6) is 0.807. The summed E-state index contributed by atoms with van der Waals surface area (Å²) >= 11 is 0. The number of ether oxygens (including phenoxy) is 1. The van der Waals surface area contributed by atoms with Gasteiger partial charge < -0.3 is 15.4 Å². The number of aromatic nitrogens is 1. The Kier molecular flexibility index (Phi) is 8.24. The number of hydrogen-bond donors (Lipinski definition) is 2. The lowest BCUT2D eigenvalue weighted by Gasteiger charge is -2.29. The Balaban J connectivity index is 1.58. The quantitative estimate of drug-likeness (QED) is 0.412. The second-order valence-electron chi connectivity index (χ2n) is 7.56. The highest BCUT2D eigenvalue weighted by Gasteiger charge is 2.27. The van der Waals surface area contributed by atoms with Gasteiger partial charge in [0.05, 0.1) is 24.8 Å². The van der Waals surface area contributed by atoms with Gasteiger partial charge in [0.25, 0.3) is 0 Å². The monoisotopic (exact) mass is 408 g/mol. The SMILES string of the molecule is CCNC(=NCc1cccc(-c2ccccn2)c1)NC1CCC(C(=O)OCC)CC1. The lowest BCUT2D eigenvalue weighted by Crippen LogP contribution is -2.45. The average molecular weight is 409 g/mol. The van der Waals surface area contributed by atoms with Gasteiger partial charge in [-0.2, -0.15) is 0 Å². The zero-order chi connectivity index (χ0) is 21.2. The fourth-order valence-corrected chi connectivity index (χ4v) is 3.78. The Labute approximate surface area is 179 Å². The third-order valence-electron chi connectivity index (χ3n) is 5.34. The Hall–Kier alpha value is -2.89. The van der Waals surface area contributed by atoms with Crippen LogP contribution in [0.2, 0.25) is 0 Å². The lowest BCUT2D eigenvalue weighted by atomic mass is 9.86. The third-order valence-corrected chi connectivity index (χ3v) is 5.34. The van der Waals surface area contributed by atoms with Crippen LogP contribution < -0.4 is 10.6 Å². The molecule has 30 heavy (non-hydrogen) atoms. The van der Waals surface area contributed by atoms with Crippen LogP contribution in [-0.4, -0.2) is 36.1 Å². The fraction of sp³-hybridized carbons (Fsp3) is 0.458. The Morgan fingerprint density at radius 1 is 1.13 bits per heavy atom. The number of esters is 1. The van der Waals surface area contributed by atoms with E-state index in [9.17, 15) is 4.79 Å². The molecule has 1 aliphatic rings. The maximum Gasteiger partial charge on any atom is 0.308 e. The van der Waals surface area contributed by atoms with Crippen molar-refractivity contribution in [3.63, 3.8) is 0 Å². The third kappa shape index (κ3) is 6.31. The van der Waals surface area contributed by atoms with E-state index in [1.807, 2.05) is 37.4 Å². The number of aliphatic imine (C=N–C) groups is 1. The maximum absolute atomic E-state index is 11.9. The lowest BCUT2D eigenvalue weighted by molar-refractivity contribution is -0.149. The van der Waals surface area contributed by atoms with Gasteiger partial charge in [-0.3, -0.25) is 9.78 Å². The molecular weight excluding hydrogens is 376 g/mol. The number of guanidine groups is 1. The van der Waals surface area contributed by atoms with Crippen LogP contribution in [0.5, 0.6) is 0 Å². The summed E-state index contributed by atoms with van der Waals surface area (Å²) in [6.07, 6.45) is 5.43. The van der Waals surface area contributed by atoms with Gasteiger partial charge in [-0.25, -0.2) is 4.99 Å². The first-order valence-electron chi connectivity index (χ1n) is 10.9. The fourth-order valence-electron chi connectivity index (χ4n) is 3.78. The highest BCUT2D eigenvalue weighted by molar-refractivity contribution is 5.80. The van der Waals surface area contributed by atoms with E-state index < -0.39 is 0 Å². The largest absolute Gasteiger partial charge is 0.466 e. The maximum atomic E-state index is 11.9. The Bertz CT molecular complexity index is 830. The minimum absolute atomic E-state index is 0.0388. The summed E-state index contributed by atoms with van der Waals surface area (Å²) in [4.78, 5) is 21.1. The molecule has 0 aliphatic heterocycles. The van der Waals surface area contributed by atoms with Crippen LogP contribution in [0.25, 0.3) is 11.3 Å². The molecule has 2 N–H and O–H groups in total. The van der Waals surface area contributed by atoms with Crippen LogP contribution in [-0.2, 0) is 16.1 Å². The zero-order valence-corrected chi connectivity index (χ0v) is 17.9. The molecule has 6 nitrogen and oxygen atoms in total. The zero-order valence-electron chi connectivity index (χ0n) is 17.9. The van der Waals surface area contributed by atoms with Crippen LogP contribution in [0, 0.1) is 5.92 Å². The number of hydrogen-bond acceptors (Lipinski definition) is 4. The van der Waals surface area contributed by atoms with Crippen molar-refractivity contribution < 1.29 is 9.53 Å². The number of carbonyl (C=O) groups is 1. The second-order valence-corrected chi connectivity index (χ2v) is 7.56. The molecule has 2 aromatic rings. The molecule has 0 spiro atoms. The molecule has 3 rings (SSSR count). The second kappa shape index (κ2) is 11.3. The van der Waals surface area contributed by atoms with Gasteiger partial charge >= 0.3 is 5.97 Å². The van der Waals surface area contributed by atoms with Crippen LogP contribution >= 0.6 is 0 Å². The number of nitrogens with zero attached hydrogens (tertiary/aromatic N) is 2. The van der Waals surface area contributed by atoms with Crippen molar-refractivity contribution in [3.05, 3.63) is 54.2 Å². The first kappa shape index (κ1) is 21.8. The molecule has 6 heteroatoms. The van der Waals surface area contributed by atoms with Crippen LogP contribution in [0.15, 0.2) is 53.7 Å². The van der Waals surface area contributed by atoms with Crippen molar-refractivity contribution in [1.82, 2.24) is 15.6 Å². The molecule has 0 bridgehead atoms. The molecule has 0 unspecified atom stereocenters. The molecule has 1 fully saturated rings. The normalized spacial score (nSPS) is 19.2. The van der Waals surface area contributed by atoms with Gasteiger partial charge in [0.2, 0.25) is 0 Å².